The Hall–Kier alpha value is -3.61. The third-order valence-corrected chi connectivity index (χ3v) is 10.3. The minimum absolute atomic E-state index is 0.0380. The Morgan fingerprint density at radius 1 is 0.978 bits per heavy atom. The molecule has 5 aromatic rings. The molecule has 0 saturated carbocycles. The largest absolute Gasteiger partial charge is 0.454 e. The number of aromatic nitrogens is 4. The number of carbonyl (C=O) groups is 1. The van der Waals surface area contributed by atoms with Crippen LogP contribution in [0.4, 0.5) is 0 Å². The smallest absolute Gasteiger partial charge is 0.273 e. The molecular weight excluding hydrogens is 651 g/mol. The highest BCUT2D eigenvalue weighted by Crippen LogP contribution is 2.35. The Morgan fingerprint density at radius 3 is 2.64 bits per heavy atom. The molecule has 2 aliphatic heterocycles. The molecule has 1 saturated heterocycles. The molecule has 2 aromatic heterocycles. The molecule has 0 bridgehead atoms. The van der Waals surface area contributed by atoms with Crippen molar-refractivity contribution in [3.05, 3.63) is 97.9 Å². The van der Waals surface area contributed by atoms with Crippen molar-refractivity contribution < 1.29 is 14.3 Å². The van der Waals surface area contributed by atoms with Crippen LogP contribution in [0.2, 0.25) is 10.0 Å². The monoisotopic (exact) mass is 678 g/mol. The standard InChI is InChI=1S/C32H28Cl2N6O3S2/c1-20-6-8-22(33)15-26(20)40-30(23-4-2-3-5-24(23)34)36-37-32(40)45-18-29-35-25(17-44-29)31(41)39-12-10-38(11-13-39)16-21-7-9-27-28(14-21)43-19-42-27/h2-9,14-15,17H,10-13,16,18-19H2,1H3. The second kappa shape index (κ2) is 13.0. The summed E-state index contributed by atoms with van der Waals surface area (Å²) in [7, 11) is 0. The number of hydrogen-bond acceptors (Lipinski definition) is 9. The Morgan fingerprint density at radius 2 is 1.80 bits per heavy atom. The molecule has 3 aromatic carbocycles. The van der Waals surface area contributed by atoms with Gasteiger partial charge >= 0.3 is 0 Å². The number of hydrogen-bond donors (Lipinski definition) is 0. The normalized spacial score (nSPS) is 14.7. The number of rotatable bonds is 8. The summed E-state index contributed by atoms with van der Waals surface area (Å²) in [4.78, 5) is 22.3. The van der Waals surface area contributed by atoms with Crippen LogP contribution in [0.15, 0.2) is 71.2 Å². The first kappa shape index (κ1) is 30.1. The molecule has 9 nitrogen and oxygen atoms in total. The number of ether oxygens (including phenoxy) is 2. The van der Waals surface area contributed by atoms with Gasteiger partial charge in [0.2, 0.25) is 6.79 Å². The number of thioether (sulfide) groups is 1. The van der Waals surface area contributed by atoms with Gasteiger partial charge in [0.1, 0.15) is 10.7 Å². The van der Waals surface area contributed by atoms with Crippen molar-refractivity contribution >= 4 is 52.2 Å². The second-order valence-corrected chi connectivity index (χ2v) is 13.5. The van der Waals surface area contributed by atoms with Crippen molar-refractivity contribution in [2.24, 2.45) is 0 Å². The van der Waals surface area contributed by atoms with Gasteiger partial charge in [0.05, 0.1) is 16.5 Å². The zero-order valence-electron chi connectivity index (χ0n) is 24.3. The maximum atomic E-state index is 13.3. The van der Waals surface area contributed by atoms with Gasteiger partial charge in [0.25, 0.3) is 5.91 Å². The van der Waals surface area contributed by atoms with Crippen LogP contribution < -0.4 is 9.47 Å². The number of nitrogens with zero attached hydrogens (tertiary/aromatic N) is 6. The molecule has 4 heterocycles. The SMILES string of the molecule is Cc1ccc(Cl)cc1-n1c(SCc2nc(C(=O)N3CCN(Cc4ccc5c(c4)OCO5)CC3)cs2)nnc1-c1ccccc1Cl. The third kappa shape index (κ3) is 6.41. The first-order valence-corrected chi connectivity index (χ1v) is 17.0. The van der Waals surface area contributed by atoms with Gasteiger partial charge in [0.15, 0.2) is 22.5 Å². The van der Waals surface area contributed by atoms with Gasteiger partial charge in [-0.3, -0.25) is 14.3 Å². The molecule has 1 amide bonds. The van der Waals surface area contributed by atoms with Crippen molar-refractivity contribution in [1.82, 2.24) is 29.5 Å². The van der Waals surface area contributed by atoms with Crippen molar-refractivity contribution in [2.45, 2.75) is 24.4 Å². The summed E-state index contributed by atoms with van der Waals surface area (Å²) in [6.45, 7) is 5.97. The summed E-state index contributed by atoms with van der Waals surface area (Å²) in [5, 5.41) is 13.6. The van der Waals surface area contributed by atoms with Gasteiger partial charge in [-0.15, -0.1) is 21.5 Å². The number of benzene rings is 3. The van der Waals surface area contributed by atoms with E-state index in [0.717, 1.165) is 53.0 Å². The molecule has 0 atom stereocenters. The lowest BCUT2D eigenvalue weighted by atomic mass is 10.1. The van der Waals surface area contributed by atoms with Crippen LogP contribution in [0.3, 0.4) is 0 Å². The van der Waals surface area contributed by atoms with E-state index in [-0.39, 0.29) is 12.7 Å². The highest BCUT2D eigenvalue weighted by Gasteiger charge is 2.25. The fraction of sp³-hybridized carbons (Fsp3) is 0.250. The molecule has 0 N–H and O–H groups in total. The molecule has 7 rings (SSSR count). The molecule has 2 aliphatic rings. The summed E-state index contributed by atoms with van der Waals surface area (Å²) in [5.74, 6) is 2.70. The van der Waals surface area contributed by atoms with Crippen LogP contribution in [-0.4, -0.2) is 68.4 Å². The molecule has 0 aliphatic carbocycles. The number of aryl methyl sites for hydroxylation is 1. The summed E-state index contributed by atoms with van der Waals surface area (Å²) in [6, 6.07) is 19.4. The van der Waals surface area contributed by atoms with Crippen molar-refractivity contribution in [1.29, 1.82) is 0 Å². The Labute approximate surface area is 278 Å². The first-order chi connectivity index (χ1) is 21.9. The first-order valence-electron chi connectivity index (χ1n) is 14.4. The van der Waals surface area contributed by atoms with Gasteiger partial charge < -0.3 is 14.4 Å². The molecule has 230 valence electrons. The summed E-state index contributed by atoms with van der Waals surface area (Å²) in [5.41, 5.74) is 4.31. The van der Waals surface area contributed by atoms with Crippen molar-refractivity contribution in [3.8, 4) is 28.6 Å². The zero-order chi connectivity index (χ0) is 30.9. The van der Waals surface area contributed by atoms with Gasteiger partial charge in [0, 0.05) is 48.7 Å². The highest BCUT2D eigenvalue weighted by molar-refractivity contribution is 7.98. The quantitative estimate of drug-likeness (QED) is 0.163. The van der Waals surface area contributed by atoms with E-state index in [1.807, 2.05) is 76.4 Å². The fourth-order valence-corrected chi connectivity index (χ4v) is 7.51. The molecule has 0 spiro atoms. The van der Waals surface area contributed by atoms with Crippen LogP contribution in [0.1, 0.15) is 26.6 Å². The Bertz CT molecular complexity index is 1870. The molecule has 13 heteroatoms. The summed E-state index contributed by atoms with van der Waals surface area (Å²) < 4.78 is 12.9. The van der Waals surface area contributed by atoms with Gasteiger partial charge in [-0.05, 0) is 54.4 Å². The zero-order valence-corrected chi connectivity index (χ0v) is 27.4. The molecule has 0 radical (unpaired) electrons. The van der Waals surface area contributed by atoms with E-state index in [1.165, 1.54) is 28.7 Å². The van der Waals surface area contributed by atoms with Gasteiger partial charge in [-0.2, -0.15) is 0 Å². The number of thiazole rings is 1. The lowest BCUT2D eigenvalue weighted by Gasteiger charge is -2.34. The summed E-state index contributed by atoms with van der Waals surface area (Å²) in [6.07, 6.45) is 0. The van der Waals surface area contributed by atoms with Crippen LogP contribution in [0, 0.1) is 6.92 Å². The maximum absolute atomic E-state index is 13.3. The topological polar surface area (TPSA) is 85.6 Å². The van der Waals surface area contributed by atoms with Crippen molar-refractivity contribution in [2.75, 3.05) is 33.0 Å². The average molecular weight is 680 g/mol. The van der Waals surface area contributed by atoms with Crippen LogP contribution in [-0.2, 0) is 12.3 Å². The number of fused-ring (bicyclic) bond motifs is 1. The average Bonchev–Trinajstić information content (AvgIpc) is 3.81. The fourth-order valence-electron chi connectivity index (χ4n) is 5.39. The van der Waals surface area contributed by atoms with Crippen LogP contribution in [0.5, 0.6) is 11.5 Å². The maximum Gasteiger partial charge on any atom is 0.273 e. The van der Waals surface area contributed by atoms with Crippen LogP contribution in [0.25, 0.3) is 17.1 Å². The third-order valence-electron chi connectivity index (χ3n) is 7.76. The number of halogens is 2. The van der Waals surface area contributed by atoms with Crippen molar-refractivity contribution in [3.63, 3.8) is 0 Å². The molecule has 1 fully saturated rings. The Kier molecular flexibility index (Phi) is 8.70. The van der Waals surface area contributed by atoms with E-state index < -0.39 is 0 Å². The summed E-state index contributed by atoms with van der Waals surface area (Å²) >= 11 is 15.9. The lowest BCUT2D eigenvalue weighted by molar-refractivity contribution is 0.0623. The number of piperazine rings is 1. The lowest BCUT2D eigenvalue weighted by Crippen LogP contribution is -2.48. The highest BCUT2D eigenvalue weighted by atomic mass is 35.5. The predicted molar refractivity (Wildman–Crippen MR) is 177 cm³/mol. The number of amides is 1. The minimum atomic E-state index is -0.0380. The van der Waals surface area contributed by atoms with Gasteiger partial charge in [-0.1, -0.05) is 59.2 Å². The van der Waals surface area contributed by atoms with E-state index in [4.69, 9.17) is 37.7 Å². The molecule has 0 unspecified atom stereocenters. The van der Waals surface area contributed by atoms with E-state index in [0.29, 0.717) is 45.6 Å². The number of carbonyl (C=O) groups excluding carboxylic acids is 1. The second-order valence-electron chi connectivity index (χ2n) is 10.7. The van der Waals surface area contributed by atoms with E-state index in [1.54, 1.807) is 0 Å². The van der Waals surface area contributed by atoms with E-state index in [2.05, 4.69) is 21.2 Å². The van der Waals surface area contributed by atoms with E-state index >= 15 is 0 Å². The van der Waals surface area contributed by atoms with Crippen LogP contribution >= 0.6 is 46.3 Å². The molecule has 45 heavy (non-hydrogen) atoms. The van der Waals surface area contributed by atoms with Gasteiger partial charge in [-0.25, -0.2) is 4.98 Å². The Balaban J connectivity index is 1.02. The minimum Gasteiger partial charge on any atom is -0.454 e. The molecular formula is C32H28Cl2N6O3S2. The predicted octanol–water partition coefficient (Wildman–Crippen LogP) is 6.99. The van der Waals surface area contributed by atoms with E-state index in [9.17, 15) is 4.79 Å².